The Morgan fingerprint density at radius 3 is 1.08 bits per heavy atom. The van der Waals surface area contributed by atoms with Gasteiger partial charge in [-0.25, -0.2) is 4.79 Å². The molecule has 0 aliphatic rings. The van der Waals surface area contributed by atoms with Gasteiger partial charge >= 0.3 is 65.3 Å². The summed E-state index contributed by atoms with van der Waals surface area (Å²) in [6, 6.07) is 0. The summed E-state index contributed by atoms with van der Waals surface area (Å²) < 4.78 is 34.1. The quantitative estimate of drug-likeness (QED) is 0.205. The van der Waals surface area contributed by atoms with Crippen LogP contribution in [0.15, 0.2) is 0 Å². The molecular formula is CH5NNa2O7S. The van der Waals surface area contributed by atoms with Gasteiger partial charge in [-0.1, -0.05) is 0 Å². The standard InChI is InChI=1S/CH2O3.H3N.2Na.H2O4S/c2-1(3)4;;;;1-5(2,3)4/h(H2,2,3,4);1H3;;;(H2,1,2,3,4)/q;;2*+1;/p-2. The van der Waals surface area contributed by atoms with E-state index in [-0.39, 0.29) is 65.3 Å². The van der Waals surface area contributed by atoms with E-state index in [2.05, 4.69) is 0 Å². The predicted octanol–water partition coefficient (Wildman–Crippen LogP) is -6.95. The summed E-state index contributed by atoms with van der Waals surface area (Å²) in [6.45, 7) is 0. The molecule has 0 saturated carbocycles. The molecule has 0 aromatic rings. The molecule has 0 aliphatic carbocycles. The molecule has 0 saturated heterocycles. The van der Waals surface area contributed by atoms with Crippen LogP contribution < -0.4 is 65.3 Å². The minimum atomic E-state index is -5.17. The van der Waals surface area contributed by atoms with Gasteiger partial charge in [-0.3, -0.25) is 8.42 Å². The smallest absolute Gasteiger partial charge is 0.759 e. The third kappa shape index (κ3) is 936. The second-order valence-electron chi connectivity index (χ2n) is 0.691. The van der Waals surface area contributed by atoms with Gasteiger partial charge in [0.2, 0.25) is 0 Å². The molecule has 0 radical (unpaired) electrons. The van der Waals surface area contributed by atoms with Gasteiger partial charge in [0, 0.05) is 10.4 Å². The van der Waals surface area contributed by atoms with Gasteiger partial charge in [0.1, 0.15) is 0 Å². The summed E-state index contributed by atoms with van der Waals surface area (Å²) in [5.74, 6) is 0. The molecule has 64 valence electrons. The number of carboxylic acid groups (broad SMARTS) is 2. The van der Waals surface area contributed by atoms with Crippen LogP contribution in [0.25, 0.3) is 0 Å². The van der Waals surface area contributed by atoms with Crippen LogP contribution in [-0.4, -0.2) is 33.9 Å². The Labute approximate surface area is 113 Å². The number of hydrogen-bond donors (Lipinski definition) is 3. The molecule has 0 spiro atoms. The summed E-state index contributed by atoms with van der Waals surface area (Å²) in [5.41, 5.74) is 0. The van der Waals surface area contributed by atoms with Crippen LogP contribution >= 0.6 is 0 Å². The SMILES string of the molecule is N.O=C(O)O.O=S(=O)([O-])[O-].[Na+].[Na+]. The largest absolute Gasteiger partial charge is 1.00 e. The second kappa shape index (κ2) is 14.6. The molecule has 0 aliphatic heterocycles. The first-order chi connectivity index (χ1) is 3.73. The fourth-order valence-corrected chi connectivity index (χ4v) is 0. The third-order valence-electron chi connectivity index (χ3n) is 0. The zero-order valence-electron chi connectivity index (χ0n) is 6.55. The van der Waals surface area contributed by atoms with Crippen LogP contribution in [0.3, 0.4) is 0 Å². The molecular weight excluding hydrogens is 216 g/mol. The average molecular weight is 221 g/mol. The molecule has 5 N–H and O–H groups in total. The molecule has 0 fully saturated rings. The second-order valence-corrected chi connectivity index (χ2v) is 1.51. The van der Waals surface area contributed by atoms with Crippen molar-refractivity contribution in [2.24, 2.45) is 0 Å². The van der Waals surface area contributed by atoms with Gasteiger partial charge in [-0.15, -0.1) is 0 Å². The van der Waals surface area contributed by atoms with Crippen LogP contribution in [0.5, 0.6) is 0 Å². The van der Waals surface area contributed by atoms with Crippen LogP contribution in [-0.2, 0) is 10.4 Å². The molecule has 0 rings (SSSR count). The molecule has 0 amide bonds. The summed E-state index contributed by atoms with van der Waals surface area (Å²) >= 11 is 0. The first-order valence-corrected chi connectivity index (χ1v) is 2.65. The van der Waals surface area contributed by atoms with E-state index in [0.717, 1.165) is 0 Å². The van der Waals surface area contributed by atoms with Crippen LogP contribution in [0, 0.1) is 0 Å². The van der Waals surface area contributed by atoms with E-state index in [1.165, 1.54) is 0 Å². The molecule has 0 aromatic heterocycles. The van der Waals surface area contributed by atoms with Crippen molar-refractivity contribution in [2.45, 2.75) is 0 Å². The molecule has 0 aromatic carbocycles. The normalized spacial score (nSPS) is 6.83. The first-order valence-electron chi connectivity index (χ1n) is 1.32. The van der Waals surface area contributed by atoms with Crippen molar-refractivity contribution in [1.29, 1.82) is 0 Å². The van der Waals surface area contributed by atoms with Crippen molar-refractivity contribution in [2.75, 3.05) is 0 Å². The summed E-state index contributed by atoms with van der Waals surface area (Å²) in [6.07, 6.45) is -1.83. The van der Waals surface area contributed by atoms with E-state index in [4.69, 9.17) is 32.5 Å². The van der Waals surface area contributed by atoms with Crippen LogP contribution in [0.2, 0.25) is 0 Å². The fraction of sp³-hybridized carbons (Fsp3) is 0. The zero-order chi connectivity index (χ0) is 8.08. The van der Waals surface area contributed by atoms with Gasteiger partial charge < -0.3 is 25.5 Å². The minimum Gasteiger partial charge on any atom is -0.759 e. The monoisotopic (exact) mass is 221 g/mol. The maximum atomic E-state index is 8.56. The molecule has 0 atom stereocenters. The van der Waals surface area contributed by atoms with Crippen molar-refractivity contribution >= 4 is 16.6 Å². The van der Waals surface area contributed by atoms with Crippen molar-refractivity contribution in [3.05, 3.63) is 0 Å². The average Bonchev–Trinajstić information content (AvgIpc) is 1.19. The molecule has 12 heavy (non-hydrogen) atoms. The van der Waals surface area contributed by atoms with E-state index < -0.39 is 16.6 Å². The maximum absolute atomic E-state index is 8.56. The van der Waals surface area contributed by atoms with E-state index in [9.17, 15) is 0 Å². The van der Waals surface area contributed by atoms with Gasteiger partial charge in [-0.05, 0) is 0 Å². The van der Waals surface area contributed by atoms with E-state index in [0.29, 0.717) is 0 Å². The Hall–Kier alpha value is 1.10. The Bertz CT molecular complexity index is 164. The minimum absolute atomic E-state index is 0. The Morgan fingerprint density at radius 1 is 1.08 bits per heavy atom. The molecule has 11 heteroatoms. The van der Waals surface area contributed by atoms with Crippen molar-refractivity contribution < 1.29 is 91.6 Å². The van der Waals surface area contributed by atoms with Gasteiger partial charge in [-0.2, -0.15) is 0 Å². The number of hydrogen-bond acceptors (Lipinski definition) is 6. The van der Waals surface area contributed by atoms with Crippen molar-refractivity contribution in [3.63, 3.8) is 0 Å². The van der Waals surface area contributed by atoms with Gasteiger partial charge in [0.15, 0.2) is 0 Å². The van der Waals surface area contributed by atoms with Crippen molar-refractivity contribution in [1.82, 2.24) is 6.15 Å². The molecule has 0 bridgehead atoms. The van der Waals surface area contributed by atoms with Crippen LogP contribution in [0.4, 0.5) is 4.79 Å². The number of rotatable bonds is 0. The Morgan fingerprint density at radius 2 is 1.08 bits per heavy atom. The molecule has 0 heterocycles. The summed E-state index contributed by atoms with van der Waals surface area (Å²) in [4.78, 5) is 8.56. The zero-order valence-corrected chi connectivity index (χ0v) is 11.4. The first kappa shape index (κ1) is 29.2. The maximum Gasteiger partial charge on any atom is 1.00 e. The number of carbonyl (C=O) groups is 1. The molecule has 8 nitrogen and oxygen atoms in total. The fourth-order valence-electron chi connectivity index (χ4n) is 0. The van der Waals surface area contributed by atoms with E-state index in [1.54, 1.807) is 0 Å². The van der Waals surface area contributed by atoms with Gasteiger partial charge in [0.25, 0.3) is 0 Å². The van der Waals surface area contributed by atoms with Crippen LogP contribution in [0.1, 0.15) is 0 Å². The predicted molar refractivity (Wildman–Crippen MR) is 26.2 cm³/mol. The molecule has 0 unspecified atom stereocenters. The summed E-state index contributed by atoms with van der Waals surface area (Å²) in [7, 11) is -5.17. The Kier molecular flexibility index (Phi) is 35.6. The van der Waals surface area contributed by atoms with Crippen molar-refractivity contribution in [3.8, 4) is 0 Å². The topological polar surface area (TPSA) is 173 Å². The van der Waals surface area contributed by atoms with E-state index in [1.807, 2.05) is 0 Å². The van der Waals surface area contributed by atoms with Gasteiger partial charge in [0.05, 0.1) is 0 Å². The van der Waals surface area contributed by atoms with E-state index >= 15 is 0 Å². The third-order valence-corrected chi connectivity index (χ3v) is 0. The Balaban J connectivity index is -0.0000000221. The summed E-state index contributed by atoms with van der Waals surface area (Å²) in [5, 5.41) is 13.9.